The minimum atomic E-state index is -0.325. The second kappa shape index (κ2) is 8.95. The number of imide groups is 1. The van der Waals surface area contributed by atoms with Crippen molar-refractivity contribution >= 4 is 51.6 Å². The van der Waals surface area contributed by atoms with Crippen LogP contribution in [0.5, 0.6) is 11.5 Å². The van der Waals surface area contributed by atoms with E-state index < -0.39 is 0 Å². The Bertz CT molecular complexity index is 963. The van der Waals surface area contributed by atoms with Crippen LogP contribution in [0.25, 0.3) is 6.08 Å². The van der Waals surface area contributed by atoms with Crippen LogP contribution in [-0.2, 0) is 11.4 Å². The molecule has 3 rings (SSSR count). The number of rotatable bonds is 6. The highest BCUT2D eigenvalue weighted by Crippen LogP contribution is 2.37. The van der Waals surface area contributed by atoms with Crippen molar-refractivity contribution in [1.29, 1.82) is 0 Å². The summed E-state index contributed by atoms with van der Waals surface area (Å²) in [7, 11) is 1.46. The van der Waals surface area contributed by atoms with Gasteiger partial charge in [0.25, 0.3) is 11.1 Å². The van der Waals surface area contributed by atoms with Crippen LogP contribution in [-0.4, -0.2) is 29.7 Å². The van der Waals surface area contributed by atoms with Crippen LogP contribution in [0.2, 0.25) is 0 Å². The molecule has 0 unspecified atom stereocenters. The molecule has 146 valence electrons. The van der Waals surface area contributed by atoms with Crippen molar-refractivity contribution in [2.45, 2.75) is 13.5 Å². The number of halogens is 2. The molecule has 0 aromatic heterocycles. The molecule has 1 aliphatic heterocycles. The SMILES string of the molecule is CCOc1cc(/C=C2\SC(=O)N(C)C2=O)cc(I)c1OCc1cccc(F)c1. The molecule has 8 heteroatoms. The Balaban J connectivity index is 1.88. The predicted molar refractivity (Wildman–Crippen MR) is 115 cm³/mol. The number of hydrogen-bond donors (Lipinski definition) is 0. The van der Waals surface area contributed by atoms with Gasteiger partial charge in [-0.3, -0.25) is 14.5 Å². The van der Waals surface area contributed by atoms with Crippen molar-refractivity contribution in [3.8, 4) is 11.5 Å². The van der Waals surface area contributed by atoms with Crippen LogP contribution >= 0.6 is 34.4 Å². The monoisotopic (exact) mass is 513 g/mol. The fraction of sp³-hybridized carbons (Fsp3) is 0.200. The molecule has 1 aliphatic rings. The lowest BCUT2D eigenvalue weighted by Gasteiger charge is -2.15. The van der Waals surface area contributed by atoms with Crippen LogP contribution in [0, 0.1) is 9.39 Å². The number of carbonyl (C=O) groups is 2. The third-order valence-corrected chi connectivity index (χ3v) is 5.65. The van der Waals surface area contributed by atoms with E-state index in [9.17, 15) is 14.0 Å². The van der Waals surface area contributed by atoms with Gasteiger partial charge in [0.1, 0.15) is 12.4 Å². The number of benzene rings is 2. The summed E-state index contributed by atoms with van der Waals surface area (Å²) in [6, 6.07) is 9.82. The van der Waals surface area contributed by atoms with E-state index in [0.717, 1.165) is 25.8 Å². The van der Waals surface area contributed by atoms with Crippen molar-refractivity contribution < 1.29 is 23.5 Å². The summed E-state index contributed by atoms with van der Waals surface area (Å²) in [5, 5.41) is -0.300. The fourth-order valence-electron chi connectivity index (χ4n) is 2.55. The van der Waals surface area contributed by atoms with Crippen molar-refractivity contribution in [3.63, 3.8) is 0 Å². The Labute approximate surface area is 180 Å². The summed E-state index contributed by atoms with van der Waals surface area (Å²) >= 11 is 3.03. The molecule has 1 saturated heterocycles. The number of ether oxygens (including phenoxy) is 2. The molecule has 0 saturated carbocycles. The van der Waals surface area contributed by atoms with Crippen molar-refractivity contribution in [2.75, 3.05) is 13.7 Å². The number of likely N-dealkylation sites (N-methyl/N-ethyl adjacent to an activating group) is 1. The second-order valence-corrected chi connectivity index (χ2v) is 8.08. The average Bonchev–Trinajstić information content (AvgIpc) is 2.88. The normalized spacial score (nSPS) is 15.4. The zero-order valence-corrected chi connectivity index (χ0v) is 18.2. The van der Waals surface area contributed by atoms with Crippen LogP contribution in [0.4, 0.5) is 9.18 Å². The highest BCUT2D eigenvalue weighted by molar-refractivity contribution is 14.1. The Hall–Kier alpha value is -2.07. The Morgan fingerprint density at radius 3 is 2.64 bits per heavy atom. The van der Waals surface area contributed by atoms with Gasteiger partial charge in [0.15, 0.2) is 11.5 Å². The van der Waals surface area contributed by atoms with Gasteiger partial charge in [-0.15, -0.1) is 0 Å². The Morgan fingerprint density at radius 2 is 2.00 bits per heavy atom. The van der Waals surface area contributed by atoms with E-state index in [1.165, 1.54) is 19.2 Å². The van der Waals surface area contributed by atoms with E-state index in [2.05, 4.69) is 22.6 Å². The van der Waals surface area contributed by atoms with Crippen molar-refractivity contribution in [3.05, 3.63) is 61.8 Å². The van der Waals surface area contributed by atoms with Gasteiger partial charge in [-0.1, -0.05) is 12.1 Å². The first-order chi connectivity index (χ1) is 13.4. The van der Waals surface area contributed by atoms with Crippen molar-refractivity contribution in [1.82, 2.24) is 4.90 Å². The topological polar surface area (TPSA) is 55.8 Å². The van der Waals surface area contributed by atoms with E-state index in [0.29, 0.717) is 28.6 Å². The van der Waals surface area contributed by atoms with Gasteiger partial charge in [0.2, 0.25) is 0 Å². The molecular weight excluding hydrogens is 496 g/mol. The first kappa shape index (κ1) is 20.7. The first-order valence-electron chi connectivity index (χ1n) is 8.44. The van der Waals surface area contributed by atoms with Gasteiger partial charge >= 0.3 is 0 Å². The summed E-state index contributed by atoms with van der Waals surface area (Å²) in [5.74, 6) is 0.427. The molecule has 1 fully saturated rings. The van der Waals surface area contributed by atoms with Crippen LogP contribution < -0.4 is 9.47 Å². The average molecular weight is 513 g/mol. The minimum Gasteiger partial charge on any atom is -0.490 e. The van der Waals surface area contributed by atoms with Crippen molar-refractivity contribution in [2.24, 2.45) is 0 Å². The number of amides is 2. The molecule has 0 N–H and O–H groups in total. The van der Waals surface area contributed by atoms with Crippen LogP contribution in [0.1, 0.15) is 18.1 Å². The van der Waals surface area contributed by atoms with E-state index in [1.54, 1.807) is 24.3 Å². The number of carbonyl (C=O) groups excluding carboxylic acids is 2. The van der Waals surface area contributed by atoms with E-state index in [4.69, 9.17) is 9.47 Å². The maximum Gasteiger partial charge on any atom is 0.293 e. The van der Waals surface area contributed by atoms with E-state index >= 15 is 0 Å². The Morgan fingerprint density at radius 1 is 1.21 bits per heavy atom. The van der Waals surface area contributed by atoms with E-state index in [-0.39, 0.29) is 23.6 Å². The summed E-state index contributed by atoms with van der Waals surface area (Å²) < 4.78 is 25.7. The van der Waals surface area contributed by atoms with Gasteiger partial charge in [0, 0.05) is 7.05 Å². The molecule has 28 heavy (non-hydrogen) atoms. The number of nitrogens with zero attached hydrogens (tertiary/aromatic N) is 1. The quantitative estimate of drug-likeness (QED) is 0.399. The molecule has 0 atom stereocenters. The zero-order chi connectivity index (χ0) is 20.3. The standard InChI is InChI=1S/C20H17FINO4S/c1-3-26-16-9-13(10-17-19(24)23(2)20(25)28-17)8-15(22)18(16)27-11-12-5-4-6-14(21)7-12/h4-10H,3,11H2,1-2H3/b17-10-. The Kier molecular flexibility index (Phi) is 6.61. The molecule has 2 amide bonds. The molecule has 0 radical (unpaired) electrons. The third-order valence-electron chi connectivity index (χ3n) is 3.89. The highest BCUT2D eigenvalue weighted by Gasteiger charge is 2.31. The largest absolute Gasteiger partial charge is 0.490 e. The molecule has 0 bridgehead atoms. The molecule has 2 aromatic carbocycles. The third kappa shape index (κ3) is 4.67. The first-order valence-corrected chi connectivity index (χ1v) is 10.3. The summed E-state index contributed by atoms with van der Waals surface area (Å²) in [6.45, 7) is 2.49. The molecule has 5 nitrogen and oxygen atoms in total. The van der Waals surface area contributed by atoms with E-state index in [1.807, 2.05) is 13.0 Å². The molecule has 2 aromatic rings. The fourth-order valence-corrected chi connectivity index (χ4v) is 4.16. The predicted octanol–water partition coefficient (Wildman–Crippen LogP) is 5.07. The lowest BCUT2D eigenvalue weighted by Crippen LogP contribution is -2.22. The lowest BCUT2D eigenvalue weighted by atomic mass is 10.1. The van der Waals surface area contributed by atoms with Gasteiger partial charge in [-0.05, 0) is 82.7 Å². The zero-order valence-electron chi connectivity index (χ0n) is 15.2. The molecule has 0 aliphatic carbocycles. The molecule has 1 heterocycles. The lowest BCUT2D eigenvalue weighted by molar-refractivity contribution is -0.121. The maximum atomic E-state index is 13.4. The minimum absolute atomic E-state index is 0.196. The molecular formula is C20H17FINO4S. The van der Waals surface area contributed by atoms with Gasteiger partial charge < -0.3 is 9.47 Å². The number of thioether (sulfide) groups is 1. The van der Waals surface area contributed by atoms with Crippen LogP contribution in [0.3, 0.4) is 0 Å². The second-order valence-electron chi connectivity index (χ2n) is 5.92. The maximum absolute atomic E-state index is 13.4. The summed E-state index contributed by atoms with van der Waals surface area (Å²) in [5.41, 5.74) is 1.43. The summed E-state index contributed by atoms with van der Waals surface area (Å²) in [6.07, 6.45) is 1.66. The number of hydrogen-bond acceptors (Lipinski definition) is 5. The smallest absolute Gasteiger partial charge is 0.293 e. The summed E-state index contributed by atoms with van der Waals surface area (Å²) in [4.78, 5) is 25.2. The van der Waals surface area contributed by atoms with Crippen LogP contribution in [0.15, 0.2) is 41.3 Å². The highest BCUT2D eigenvalue weighted by atomic mass is 127. The van der Waals surface area contributed by atoms with Gasteiger partial charge in [0.05, 0.1) is 15.1 Å². The van der Waals surface area contributed by atoms with Gasteiger partial charge in [-0.25, -0.2) is 4.39 Å². The molecule has 0 spiro atoms. The van der Waals surface area contributed by atoms with Gasteiger partial charge in [-0.2, -0.15) is 0 Å².